The van der Waals surface area contributed by atoms with E-state index in [1.165, 1.54) is 4.68 Å². The highest BCUT2D eigenvalue weighted by molar-refractivity contribution is 5.51. The molecule has 94 valence electrons. The van der Waals surface area contributed by atoms with Gasteiger partial charge < -0.3 is 5.32 Å². The van der Waals surface area contributed by atoms with Gasteiger partial charge in [-0.25, -0.2) is 13.5 Å². The van der Waals surface area contributed by atoms with Crippen molar-refractivity contribution in [1.82, 2.24) is 19.7 Å². The van der Waals surface area contributed by atoms with E-state index in [9.17, 15) is 8.78 Å². The minimum atomic E-state index is -2.44. The van der Waals surface area contributed by atoms with Crippen LogP contribution in [0.4, 0.5) is 14.7 Å². The minimum Gasteiger partial charge on any atom is -0.354 e. The van der Waals surface area contributed by atoms with Gasteiger partial charge in [-0.05, 0) is 18.6 Å². The lowest BCUT2D eigenvalue weighted by Gasteiger charge is -2.23. The van der Waals surface area contributed by atoms with Crippen LogP contribution in [0.2, 0.25) is 0 Å². The number of alkyl halides is 2. The first-order valence-electron chi connectivity index (χ1n) is 5.65. The normalized spacial score (nSPS) is 18.5. The summed E-state index contributed by atoms with van der Waals surface area (Å²) in [5.74, 6) is 0.748. The SMILES string of the molecule is FC(F)C1CCNc2nc(-c3ccccn3)nn21. The van der Waals surface area contributed by atoms with Gasteiger partial charge in [0.05, 0.1) is 0 Å². The van der Waals surface area contributed by atoms with Crippen molar-refractivity contribution in [3.8, 4) is 11.5 Å². The standard InChI is InChI=1S/C11H11F2N5/c12-9(13)8-4-6-15-11-16-10(17-18(8)11)7-3-1-2-5-14-7/h1-3,5,8-9H,4,6H2,(H,15,16,17). The predicted molar refractivity (Wildman–Crippen MR) is 61.4 cm³/mol. The van der Waals surface area contributed by atoms with Crippen LogP contribution >= 0.6 is 0 Å². The molecule has 0 aliphatic carbocycles. The summed E-state index contributed by atoms with van der Waals surface area (Å²) >= 11 is 0. The second-order valence-electron chi connectivity index (χ2n) is 4.04. The first-order valence-corrected chi connectivity index (χ1v) is 5.65. The van der Waals surface area contributed by atoms with Crippen molar-refractivity contribution in [3.05, 3.63) is 24.4 Å². The zero-order valence-electron chi connectivity index (χ0n) is 9.42. The topological polar surface area (TPSA) is 55.6 Å². The van der Waals surface area contributed by atoms with Crippen LogP contribution in [-0.2, 0) is 0 Å². The van der Waals surface area contributed by atoms with Gasteiger partial charge in [0.15, 0.2) is 0 Å². The van der Waals surface area contributed by atoms with Gasteiger partial charge in [-0.1, -0.05) is 6.07 Å². The van der Waals surface area contributed by atoms with Crippen LogP contribution in [0.5, 0.6) is 0 Å². The molecule has 2 aromatic heterocycles. The first kappa shape index (κ1) is 11.1. The van der Waals surface area contributed by atoms with Crippen LogP contribution in [-0.4, -0.2) is 32.7 Å². The Bertz CT molecular complexity index is 540. The number of nitrogens with zero attached hydrogens (tertiary/aromatic N) is 4. The van der Waals surface area contributed by atoms with E-state index in [1.54, 1.807) is 24.4 Å². The van der Waals surface area contributed by atoms with E-state index in [-0.39, 0.29) is 0 Å². The van der Waals surface area contributed by atoms with Gasteiger partial charge in [-0.3, -0.25) is 4.98 Å². The summed E-state index contributed by atoms with van der Waals surface area (Å²) in [7, 11) is 0. The third-order valence-corrected chi connectivity index (χ3v) is 2.85. The zero-order chi connectivity index (χ0) is 12.5. The van der Waals surface area contributed by atoms with Gasteiger partial charge in [0.2, 0.25) is 11.8 Å². The number of nitrogens with one attached hydrogen (secondary N) is 1. The molecule has 1 atom stereocenters. The van der Waals surface area contributed by atoms with Gasteiger partial charge in [0, 0.05) is 12.7 Å². The Kier molecular flexibility index (Phi) is 2.66. The molecule has 1 aliphatic rings. The summed E-state index contributed by atoms with van der Waals surface area (Å²) in [5.41, 5.74) is 0.578. The number of halogens is 2. The second kappa shape index (κ2) is 4.32. The van der Waals surface area contributed by atoms with Crippen molar-refractivity contribution in [2.24, 2.45) is 0 Å². The summed E-state index contributed by atoms with van der Waals surface area (Å²) in [6, 6.07) is 4.42. The molecule has 0 bridgehead atoms. The lowest BCUT2D eigenvalue weighted by atomic mass is 10.2. The van der Waals surface area contributed by atoms with Crippen molar-refractivity contribution in [2.45, 2.75) is 18.9 Å². The van der Waals surface area contributed by atoms with E-state index in [0.29, 0.717) is 30.4 Å². The maximum atomic E-state index is 12.9. The van der Waals surface area contributed by atoms with E-state index in [0.717, 1.165) is 0 Å². The first-order chi connectivity index (χ1) is 8.75. The molecule has 0 aromatic carbocycles. The quantitative estimate of drug-likeness (QED) is 0.886. The number of rotatable bonds is 2. The second-order valence-corrected chi connectivity index (χ2v) is 4.04. The van der Waals surface area contributed by atoms with E-state index in [1.807, 2.05) is 0 Å². The maximum Gasteiger partial charge on any atom is 0.260 e. The Morgan fingerprint density at radius 1 is 1.39 bits per heavy atom. The number of hydrogen-bond acceptors (Lipinski definition) is 4. The fourth-order valence-corrected chi connectivity index (χ4v) is 1.97. The highest BCUT2D eigenvalue weighted by Gasteiger charge is 2.30. The van der Waals surface area contributed by atoms with Crippen molar-refractivity contribution in [1.29, 1.82) is 0 Å². The molecule has 7 heteroatoms. The van der Waals surface area contributed by atoms with Crippen LogP contribution < -0.4 is 5.32 Å². The van der Waals surface area contributed by atoms with Crippen molar-refractivity contribution < 1.29 is 8.78 Å². The third-order valence-electron chi connectivity index (χ3n) is 2.85. The molecule has 3 heterocycles. The van der Waals surface area contributed by atoms with Gasteiger partial charge >= 0.3 is 0 Å². The monoisotopic (exact) mass is 251 g/mol. The Morgan fingerprint density at radius 2 is 2.28 bits per heavy atom. The smallest absolute Gasteiger partial charge is 0.260 e. The van der Waals surface area contributed by atoms with E-state index < -0.39 is 12.5 Å². The molecule has 0 spiro atoms. The molecule has 1 unspecified atom stereocenters. The van der Waals surface area contributed by atoms with Gasteiger partial charge in [-0.2, -0.15) is 4.98 Å². The largest absolute Gasteiger partial charge is 0.354 e. The molecule has 1 aliphatic heterocycles. The molecule has 1 N–H and O–H groups in total. The lowest BCUT2D eigenvalue weighted by Crippen LogP contribution is -2.28. The number of pyridine rings is 1. The fourth-order valence-electron chi connectivity index (χ4n) is 1.97. The van der Waals surface area contributed by atoms with Gasteiger partial charge in [-0.15, -0.1) is 5.10 Å². The average Bonchev–Trinajstić information content (AvgIpc) is 2.83. The molecular weight excluding hydrogens is 240 g/mol. The van der Waals surface area contributed by atoms with Crippen LogP contribution in [0.3, 0.4) is 0 Å². The summed E-state index contributed by atoms with van der Waals surface area (Å²) in [4.78, 5) is 8.31. The fraction of sp³-hybridized carbons (Fsp3) is 0.364. The van der Waals surface area contributed by atoms with E-state index >= 15 is 0 Å². The predicted octanol–water partition coefficient (Wildman–Crippen LogP) is 1.96. The molecule has 18 heavy (non-hydrogen) atoms. The number of anilines is 1. The van der Waals surface area contributed by atoms with Crippen LogP contribution in [0.15, 0.2) is 24.4 Å². The van der Waals surface area contributed by atoms with Gasteiger partial charge in [0.25, 0.3) is 6.43 Å². The molecule has 0 amide bonds. The number of aromatic nitrogens is 4. The maximum absolute atomic E-state index is 12.9. The highest BCUT2D eigenvalue weighted by atomic mass is 19.3. The Labute approximate surface area is 102 Å². The molecule has 0 fully saturated rings. The summed E-state index contributed by atoms with van der Waals surface area (Å²) < 4.78 is 27.0. The zero-order valence-corrected chi connectivity index (χ0v) is 9.42. The molecule has 3 rings (SSSR count). The molecular formula is C11H11F2N5. The highest BCUT2D eigenvalue weighted by Crippen LogP contribution is 2.28. The molecule has 2 aromatic rings. The van der Waals surface area contributed by atoms with Crippen molar-refractivity contribution >= 4 is 5.95 Å². The van der Waals surface area contributed by atoms with E-state index in [2.05, 4.69) is 20.4 Å². The van der Waals surface area contributed by atoms with Crippen LogP contribution in [0.25, 0.3) is 11.5 Å². The van der Waals surface area contributed by atoms with Crippen molar-refractivity contribution in [2.75, 3.05) is 11.9 Å². The Morgan fingerprint density at radius 3 is 3.00 bits per heavy atom. The number of fused-ring (bicyclic) bond motifs is 1. The molecule has 0 radical (unpaired) electrons. The number of hydrogen-bond donors (Lipinski definition) is 1. The summed E-state index contributed by atoms with van der Waals surface area (Å²) in [6.07, 6.45) is -0.479. The van der Waals surface area contributed by atoms with Crippen LogP contribution in [0, 0.1) is 0 Å². The van der Waals surface area contributed by atoms with E-state index in [4.69, 9.17) is 0 Å². The third kappa shape index (κ3) is 1.81. The lowest BCUT2D eigenvalue weighted by molar-refractivity contribution is 0.0714. The summed E-state index contributed by atoms with van der Waals surface area (Å²) in [6.45, 7) is 0.482. The van der Waals surface area contributed by atoms with Crippen molar-refractivity contribution in [3.63, 3.8) is 0 Å². The Balaban J connectivity index is 2.01. The van der Waals surface area contributed by atoms with Crippen LogP contribution in [0.1, 0.15) is 12.5 Å². The molecule has 0 saturated heterocycles. The Hall–Kier alpha value is -2.05. The molecule has 5 nitrogen and oxygen atoms in total. The van der Waals surface area contributed by atoms with Gasteiger partial charge in [0.1, 0.15) is 11.7 Å². The average molecular weight is 251 g/mol. The molecule has 0 saturated carbocycles. The summed E-state index contributed by atoms with van der Waals surface area (Å²) in [5, 5.41) is 7.09. The minimum absolute atomic E-state index is 0.343.